The molecule has 2 rings (SSSR count). The molecule has 0 fully saturated rings. The van der Waals surface area contributed by atoms with Crippen molar-refractivity contribution in [3.63, 3.8) is 0 Å². The van der Waals surface area contributed by atoms with Crippen molar-refractivity contribution < 1.29 is 33.5 Å². The van der Waals surface area contributed by atoms with Gasteiger partial charge in [-0.2, -0.15) is 0 Å². The van der Waals surface area contributed by atoms with Crippen molar-refractivity contribution in [2.45, 2.75) is 36.1 Å². The second-order valence-electron chi connectivity index (χ2n) is 8.50. The number of benzene rings is 2. The molecule has 0 aliphatic heterocycles. The van der Waals surface area contributed by atoms with E-state index in [1.54, 1.807) is 37.7 Å². The number of alkyl halides is 1. The van der Waals surface area contributed by atoms with Gasteiger partial charge in [-0.05, 0) is 48.2 Å². The minimum Gasteiger partial charge on any atom is -0.392 e. The van der Waals surface area contributed by atoms with Crippen LogP contribution in [0.3, 0.4) is 0 Å². The highest BCUT2D eigenvalue weighted by atomic mass is 35.5. The molecule has 0 saturated heterocycles. The zero-order valence-electron chi connectivity index (χ0n) is 24.5. The van der Waals surface area contributed by atoms with Gasteiger partial charge in [-0.1, -0.05) is 24.3 Å². The topological polar surface area (TPSA) is 75.6 Å². The first-order valence-corrected chi connectivity index (χ1v) is 16.0. The van der Waals surface area contributed by atoms with Gasteiger partial charge in [-0.25, -0.2) is 0 Å². The monoisotopic (exact) mass is 618 g/mol. The molecular formula is C30H47ClO7S2. The lowest BCUT2D eigenvalue weighted by molar-refractivity contribution is 0.0286. The normalized spacial score (nSPS) is 10.9. The molecule has 10 heteroatoms. The van der Waals surface area contributed by atoms with Crippen LogP contribution in [-0.2, 0) is 40.9 Å². The van der Waals surface area contributed by atoms with Crippen LogP contribution in [0.25, 0.3) is 0 Å². The molecule has 1 N–H and O–H groups in total. The van der Waals surface area contributed by atoms with Gasteiger partial charge in [0.2, 0.25) is 0 Å². The number of halogens is 1. The standard InChI is InChI=1S/C15H23ClO3S.C15H24O4S/c2*1-13-14(12-16)4-3-5-15(13)20-11-10-19-9-8-18-7-6-17-2/h3-5H,6-12H2,1-2H3;3-5,16H,6-12H2,1-2H3. The summed E-state index contributed by atoms with van der Waals surface area (Å²) in [4.78, 5) is 2.49. The van der Waals surface area contributed by atoms with E-state index >= 15 is 0 Å². The minimum absolute atomic E-state index is 0.0928. The first kappa shape index (κ1) is 37.2. The summed E-state index contributed by atoms with van der Waals surface area (Å²) in [5.74, 6) is 2.40. The third-order valence-corrected chi connectivity index (χ3v) is 8.22. The summed E-state index contributed by atoms with van der Waals surface area (Å²) in [6.45, 7) is 10.6. The summed E-state index contributed by atoms with van der Waals surface area (Å²) >= 11 is 9.46. The van der Waals surface area contributed by atoms with Crippen molar-refractivity contribution >= 4 is 35.1 Å². The van der Waals surface area contributed by atoms with Gasteiger partial charge in [0.15, 0.2) is 0 Å². The number of thioether (sulfide) groups is 2. The van der Waals surface area contributed by atoms with E-state index in [4.69, 9.17) is 40.0 Å². The van der Waals surface area contributed by atoms with Crippen LogP contribution in [0, 0.1) is 13.8 Å². The SMILES string of the molecule is COCCOCCOCCSc1cccc(CCl)c1C.COCCOCCOCCSc1cccc(CO)c1C. The van der Waals surface area contributed by atoms with Gasteiger partial charge >= 0.3 is 0 Å². The van der Waals surface area contributed by atoms with Crippen molar-refractivity contribution in [3.05, 3.63) is 58.7 Å². The van der Waals surface area contributed by atoms with Crippen molar-refractivity contribution in [3.8, 4) is 0 Å². The lowest BCUT2D eigenvalue weighted by Gasteiger charge is -2.09. The minimum atomic E-state index is 0.0928. The predicted octanol–water partition coefficient (Wildman–Crippen LogP) is 5.76. The summed E-state index contributed by atoms with van der Waals surface area (Å²) in [7, 11) is 3.32. The number of hydrogen-bond acceptors (Lipinski definition) is 9. The zero-order valence-corrected chi connectivity index (χ0v) is 26.8. The van der Waals surface area contributed by atoms with Gasteiger partial charge in [-0.3, -0.25) is 0 Å². The van der Waals surface area contributed by atoms with Crippen LogP contribution >= 0.6 is 35.1 Å². The average molecular weight is 619 g/mol. The molecule has 0 saturated carbocycles. The Morgan fingerprint density at radius 2 is 1.00 bits per heavy atom. The van der Waals surface area contributed by atoms with E-state index in [2.05, 4.69) is 31.2 Å². The lowest BCUT2D eigenvalue weighted by atomic mass is 10.1. The largest absolute Gasteiger partial charge is 0.392 e. The molecular weight excluding hydrogens is 572 g/mol. The van der Waals surface area contributed by atoms with Gasteiger partial charge in [0.1, 0.15) is 0 Å². The highest BCUT2D eigenvalue weighted by molar-refractivity contribution is 7.99. The fourth-order valence-corrected chi connectivity index (χ4v) is 5.47. The Morgan fingerprint density at radius 3 is 1.43 bits per heavy atom. The molecule has 0 aliphatic rings. The van der Waals surface area contributed by atoms with E-state index in [1.165, 1.54) is 20.9 Å². The van der Waals surface area contributed by atoms with Gasteiger partial charge < -0.3 is 33.5 Å². The zero-order chi connectivity index (χ0) is 29.3. The number of aliphatic hydroxyl groups excluding tert-OH is 1. The summed E-state index contributed by atoms with van der Waals surface area (Å²) in [6.07, 6.45) is 0. The van der Waals surface area contributed by atoms with E-state index in [-0.39, 0.29) is 6.61 Å². The Balaban J connectivity index is 0.000000400. The van der Waals surface area contributed by atoms with Gasteiger partial charge in [0, 0.05) is 41.4 Å². The second-order valence-corrected chi connectivity index (χ2v) is 11.0. The second kappa shape index (κ2) is 25.8. The third-order valence-electron chi connectivity index (χ3n) is 5.68. The van der Waals surface area contributed by atoms with Crippen LogP contribution in [0.4, 0.5) is 0 Å². The van der Waals surface area contributed by atoms with E-state index in [1.807, 2.05) is 19.1 Å². The van der Waals surface area contributed by atoms with Crippen molar-refractivity contribution in [1.82, 2.24) is 0 Å². The molecule has 0 spiro atoms. The number of hydrogen-bond donors (Lipinski definition) is 1. The Labute approximate surface area is 254 Å². The first-order valence-electron chi connectivity index (χ1n) is 13.5. The van der Waals surface area contributed by atoms with Crippen LogP contribution in [0.2, 0.25) is 0 Å². The summed E-state index contributed by atoms with van der Waals surface area (Å²) in [5, 5.41) is 9.22. The highest BCUT2D eigenvalue weighted by Crippen LogP contribution is 2.26. The Kier molecular flexibility index (Phi) is 24.0. The quantitative estimate of drug-likeness (QED) is 0.101. The van der Waals surface area contributed by atoms with E-state index in [0.29, 0.717) is 65.3 Å². The molecule has 0 bridgehead atoms. The smallest absolute Gasteiger partial charge is 0.0701 e. The summed E-state index contributed by atoms with van der Waals surface area (Å²) in [5.41, 5.74) is 4.62. The van der Waals surface area contributed by atoms with E-state index in [0.717, 1.165) is 29.2 Å². The molecule has 7 nitrogen and oxygen atoms in total. The molecule has 0 atom stereocenters. The number of methoxy groups -OCH3 is 2. The van der Waals surface area contributed by atoms with Crippen molar-refractivity contribution in [1.29, 1.82) is 0 Å². The molecule has 0 amide bonds. The average Bonchev–Trinajstić information content (AvgIpc) is 2.97. The van der Waals surface area contributed by atoms with Gasteiger partial charge in [0.25, 0.3) is 0 Å². The van der Waals surface area contributed by atoms with Crippen LogP contribution in [-0.4, -0.2) is 96.9 Å². The van der Waals surface area contributed by atoms with Crippen LogP contribution in [0.1, 0.15) is 22.3 Å². The fourth-order valence-electron chi connectivity index (χ4n) is 3.30. The maximum atomic E-state index is 9.22. The third kappa shape index (κ3) is 17.2. The van der Waals surface area contributed by atoms with Crippen molar-refractivity contribution in [2.24, 2.45) is 0 Å². The molecule has 0 unspecified atom stereocenters. The van der Waals surface area contributed by atoms with Crippen LogP contribution in [0.15, 0.2) is 46.2 Å². The molecule has 40 heavy (non-hydrogen) atoms. The maximum absolute atomic E-state index is 9.22. The van der Waals surface area contributed by atoms with Crippen LogP contribution in [0.5, 0.6) is 0 Å². The highest BCUT2D eigenvalue weighted by Gasteiger charge is 2.04. The fraction of sp³-hybridized carbons (Fsp3) is 0.600. The molecule has 0 radical (unpaired) electrons. The lowest BCUT2D eigenvalue weighted by Crippen LogP contribution is -2.09. The van der Waals surface area contributed by atoms with Gasteiger partial charge in [0.05, 0.1) is 72.7 Å². The summed E-state index contributed by atoms with van der Waals surface area (Å²) < 4.78 is 31.4. The molecule has 0 aromatic heterocycles. The number of rotatable bonds is 22. The summed E-state index contributed by atoms with van der Waals surface area (Å²) in [6, 6.07) is 12.3. The predicted molar refractivity (Wildman–Crippen MR) is 166 cm³/mol. The Bertz CT molecular complexity index is 818. The first-order chi connectivity index (χ1) is 19.6. The Morgan fingerprint density at radius 1 is 0.600 bits per heavy atom. The van der Waals surface area contributed by atoms with E-state index in [9.17, 15) is 5.11 Å². The van der Waals surface area contributed by atoms with E-state index < -0.39 is 0 Å². The molecule has 2 aromatic carbocycles. The number of ether oxygens (including phenoxy) is 6. The number of aliphatic hydroxyl groups is 1. The van der Waals surface area contributed by atoms with Gasteiger partial charge in [-0.15, -0.1) is 35.1 Å². The molecule has 2 aromatic rings. The molecule has 228 valence electrons. The molecule has 0 aliphatic carbocycles. The van der Waals surface area contributed by atoms with Crippen molar-refractivity contribution in [2.75, 3.05) is 91.8 Å². The maximum Gasteiger partial charge on any atom is 0.0701 e. The molecule has 0 heterocycles. The Hall–Kier alpha value is -0.850. The van der Waals surface area contributed by atoms with Crippen LogP contribution < -0.4 is 0 Å².